The maximum atomic E-state index is 12.3. The van der Waals surface area contributed by atoms with Gasteiger partial charge in [-0.3, -0.25) is 4.79 Å². The Morgan fingerprint density at radius 2 is 2.44 bits per heavy atom. The monoisotopic (exact) mass is 191 g/mol. The summed E-state index contributed by atoms with van der Waals surface area (Å²) in [5, 5.41) is 0. The van der Waals surface area contributed by atoms with Gasteiger partial charge in [0.1, 0.15) is 0 Å². The Morgan fingerprint density at radius 1 is 1.78 bits per heavy atom. The number of aliphatic imine (C=N–C) groups is 1. The van der Waals surface area contributed by atoms with Gasteiger partial charge >= 0.3 is 0 Å². The molecular formula is C5H3BrFNO. The van der Waals surface area contributed by atoms with E-state index in [0.29, 0.717) is 0 Å². The lowest BCUT2D eigenvalue weighted by molar-refractivity contribution is -0.113. The normalized spacial score (nSPS) is 26.2. The maximum absolute atomic E-state index is 12.3. The van der Waals surface area contributed by atoms with Crippen LogP contribution in [0.4, 0.5) is 4.39 Å². The van der Waals surface area contributed by atoms with E-state index in [-0.39, 0.29) is 4.48 Å². The van der Waals surface area contributed by atoms with Gasteiger partial charge in [0.25, 0.3) is 5.91 Å². The fourth-order valence-electron chi connectivity index (χ4n) is 0.445. The van der Waals surface area contributed by atoms with Gasteiger partial charge < -0.3 is 0 Å². The molecule has 1 aliphatic heterocycles. The van der Waals surface area contributed by atoms with E-state index in [1.165, 1.54) is 0 Å². The molecule has 0 aromatic rings. The molecule has 9 heavy (non-hydrogen) atoms. The molecule has 1 atom stereocenters. The predicted octanol–water partition coefficient (Wildman–Crippen LogP) is 1.21. The van der Waals surface area contributed by atoms with Crippen LogP contribution in [0.25, 0.3) is 0 Å². The van der Waals surface area contributed by atoms with Crippen molar-refractivity contribution in [1.82, 2.24) is 0 Å². The van der Waals surface area contributed by atoms with Gasteiger partial charge in [-0.15, -0.1) is 0 Å². The molecule has 1 amide bonds. The first kappa shape index (κ1) is 6.61. The third kappa shape index (κ3) is 1.45. The number of dihydropyridines is 1. The zero-order valence-corrected chi connectivity index (χ0v) is 5.93. The lowest BCUT2D eigenvalue weighted by Crippen LogP contribution is -2.09. The number of nitrogens with zero attached hydrogens (tertiary/aromatic N) is 1. The molecule has 0 aliphatic carbocycles. The molecule has 0 radical (unpaired) electrons. The highest BCUT2D eigenvalue weighted by molar-refractivity contribution is 9.11. The first-order chi connectivity index (χ1) is 4.20. The van der Waals surface area contributed by atoms with Crippen LogP contribution in [-0.4, -0.2) is 18.3 Å². The van der Waals surface area contributed by atoms with E-state index < -0.39 is 12.1 Å². The van der Waals surface area contributed by atoms with Crippen LogP contribution in [0.15, 0.2) is 15.6 Å². The molecule has 0 fully saturated rings. The number of carbonyl (C=O) groups is 1. The maximum Gasteiger partial charge on any atom is 0.270 e. The Labute approximate surface area is 59.6 Å². The molecular weight excluding hydrogens is 189 g/mol. The average Bonchev–Trinajstić information content (AvgIpc) is 1.80. The largest absolute Gasteiger partial charge is 0.270 e. The summed E-state index contributed by atoms with van der Waals surface area (Å²) < 4.78 is 12.6. The highest BCUT2D eigenvalue weighted by Gasteiger charge is 2.13. The van der Waals surface area contributed by atoms with Crippen LogP contribution < -0.4 is 0 Å². The molecule has 1 rings (SSSR count). The van der Waals surface area contributed by atoms with E-state index in [1.54, 1.807) is 0 Å². The van der Waals surface area contributed by atoms with Gasteiger partial charge in [0.15, 0.2) is 6.17 Å². The van der Waals surface area contributed by atoms with Crippen molar-refractivity contribution in [2.75, 3.05) is 0 Å². The minimum Gasteiger partial charge on any atom is -0.267 e. The highest BCUT2D eigenvalue weighted by atomic mass is 79.9. The minimum absolute atomic E-state index is 0.238. The molecule has 0 spiro atoms. The fraction of sp³-hybridized carbons (Fsp3) is 0.200. The molecule has 0 aromatic heterocycles. The minimum atomic E-state index is -1.25. The average molecular weight is 192 g/mol. The first-order valence-corrected chi connectivity index (χ1v) is 3.09. The Balaban J connectivity index is 2.82. The van der Waals surface area contributed by atoms with E-state index in [9.17, 15) is 9.18 Å². The second-order valence-electron chi connectivity index (χ2n) is 1.55. The van der Waals surface area contributed by atoms with Gasteiger partial charge in [0.2, 0.25) is 0 Å². The van der Waals surface area contributed by atoms with Crippen molar-refractivity contribution >= 4 is 28.1 Å². The summed E-state index contributed by atoms with van der Waals surface area (Å²) in [6.07, 6.45) is 0.833. The summed E-state index contributed by atoms with van der Waals surface area (Å²) in [4.78, 5) is 13.6. The van der Waals surface area contributed by atoms with Crippen molar-refractivity contribution < 1.29 is 9.18 Å². The van der Waals surface area contributed by atoms with E-state index >= 15 is 0 Å². The number of rotatable bonds is 0. The van der Waals surface area contributed by atoms with Gasteiger partial charge in [0, 0.05) is 16.8 Å². The highest BCUT2D eigenvalue weighted by Crippen LogP contribution is 2.15. The molecule has 0 saturated carbocycles. The molecule has 1 aliphatic rings. The Hall–Kier alpha value is -0.510. The van der Waals surface area contributed by atoms with Gasteiger partial charge in [0.05, 0.1) is 0 Å². The second-order valence-corrected chi connectivity index (χ2v) is 2.46. The SMILES string of the molecule is O=C1C=C(Br)C(F)C=N1. The predicted molar refractivity (Wildman–Crippen MR) is 35.4 cm³/mol. The summed E-state index contributed by atoms with van der Waals surface area (Å²) in [5.74, 6) is -0.421. The quantitative estimate of drug-likeness (QED) is 0.567. The summed E-state index contributed by atoms with van der Waals surface area (Å²) >= 11 is 2.87. The van der Waals surface area contributed by atoms with E-state index in [1.807, 2.05) is 0 Å². The van der Waals surface area contributed by atoms with Crippen LogP contribution in [-0.2, 0) is 4.79 Å². The zero-order valence-electron chi connectivity index (χ0n) is 4.34. The fourth-order valence-corrected chi connectivity index (χ4v) is 0.759. The van der Waals surface area contributed by atoms with E-state index in [2.05, 4.69) is 20.9 Å². The third-order valence-electron chi connectivity index (χ3n) is 0.857. The Bertz CT molecular complexity index is 199. The lowest BCUT2D eigenvalue weighted by atomic mass is 10.3. The van der Waals surface area contributed by atoms with Crippen LogP contribution >= 0.6 is 15.9 Å². The van der Waals surface area contributed by atoms with Gasteiger partial charge in [-0.1, -0.05) is 15.9 Å². The molecule has 0 saturated heterocycles. The van der Waals surface area contributed by atoms with Crippen molar-refractivity contribution in [3.8, 4) is 0 Å². The number of allylic oxidation sites excluding steroid dienone is 1. The Morgan fingerprint density at radius 3 is 2.89 bits per heavy atom. The van der Waals surface area contributed by atoms with Crippen molar-refractivity contribution in [2.24, 2.45) is 4.99 Å². The molecule has 48 valence electrons. The second kappa shape index (κ2) is 2.39. The lowest BCUT2D eigenvalue weighted by Gasteiger charge is -2.02. The van der Waals surface area contributed by atoms with Gasteiger partial charge in [-0.05, 0) is 0 Å². The van der Waals surface area contributed by atoms with Crippen molar-refractivity contribution in [1.29, 1.82) is 0 Å². The Kier molecular flexibility index (Phi) is 1.75. The van der Waals surface area contributed by atoms with Crippen LogP contribution in [0.3, 0.4) is 0 Å². The number of halogens is 2. The van der Waals surface area contributed by atoms with Crippen molar-refractivity contribution in [3.05, 3.63) is 10.6 Å². The number of hydrogen-bond donors (Lipinski definition) is 0. The molecule has 0 aromatic carbocycles. The summed E-state index contributed by atoms with van der Waals surface area (Å²) in [7, 11) is 0. The molecule has 0 bridgehead atoms. The van der Waals surface area contributed by atoms with Crippen molar-refractivity contribution in [3.63, 3.8) is 0 Å². The smallest absolute Gasteiger partial charge is 0.267 e. The molecule has 4 heteroatoms. The van der Waals surface area contributed by atoms with Crippen LogP contribution in [0.2, 0.25) is 0 Å². The van der Waals surface area contributed by atoms with Gasteiger partial charge in [-0.25, -0.2) is 9.38 Å². The summed E-state index contributed by atoms with van der Waals surface area (Å²) in [6, 6.07) is 0. The summed E-state index contributed by atoms with van der Waals surface area (Å²) in [5.41, 5.74) is 0. The van der Waals surface area contributed by atoms with Crippen LogP contribution in [0, 0.1) is 0 Å². The number of amides is 1. The zero-order chi connectivity index (χ0) is 6.85. The number of carbonyl (C=O) groups excluding carboxylic acids is 1. The first-order valence-electron chi connectivity index (χ1n) is 2.29. The van der Waals surface area contributed by atoms with E-state index in [0.717, 1.165) is 12.3 Å². The molecule has 0 N–H and O–H groups in total. The van der Waals surface area contributed by atoms with E-state index in [4.69, 9.17) is 0 Å². The molecule has 2 nitrogen and oxygen atoms in total. The van der Waals surface area contributed by atoms with Crippen LogP contribution in [0.5, 0.6) is 0 Å². The van der Waals surface area contributed by atoms with Gasteiger partial charge in [-0.2, -0.15) is 0 Å². The number of alkyl halides is 1. The molecule has 1 heterocycles. The standard InChI is InChI=1S/C5H3BrFNO/c6-3-1-5(9)8-2-4(3)7/h1-2,4H. The third-order valence-corrected chi connectivity index (χ3v) is 1.52. The topological polar surface area (TPSA) is 29.4 Å². The molecule has 1 unspecified atom stereocenters. The number of hydrogen-bond acceptors (Lipinski definition) is 1. The summed E-state index contributed by atoms with van der Waals surface area (Å²) in [6.45, 7) is 0. The van der Waals surface area contributed by atoms with Crippen molar-refractivity contribution in [2.45, 2.75) is 6.17 Å². The van der Waals surface area contributed by atoms with Crippen LogP contribution in [0.1, 0.15) is 0 Å².